The zero-order valence-electron chi connectivity index (χ0n) is 10.8. The number of nitrogens with zero attached hydrogens (tertiary/aromatic N) is 2. The van der Waals surface area contributed by atoms with Gasteiger partial charge in [-0.3, -0.25) is 0 Å². The minimum absolute atomic E-state index is 0.0523. The Balaban J connectivity index is 3.12. The van der Waals surface area contributed by atoms with Crippen molar-refractivity contribution in [2.24, 2.45) is 10.2 Å². The Kier molecular flexibility index (Phi) is 6.52. The molecule has 0 bridgehead atoms. The Morgan fingerprint density at radius 3 is 2.75 bits per heavy atom. The van der Waals surface area contributed by atoms with E-state index in [2.05, 4.69) is 19.7 Å². The van der Waals surface area contributed by atoms with E-state index >= 15 is 0 Å². The second-order valence-electron chi connectivity index (χ2n) is 3.52. The third kappa shape index (κ3) is 4.53. The number of hydrogen-bond donors (Lipinski definition) is 1. The molecule has 0 fully saturated rings. The number of hydrogen-bond acceptors (Lipinski definition) is 6. The normalized spacial score (nSPS) is 12.4. The number of methoxy groups -OCH3 is 2. The van der Waals surface area contributed by atoms with Crippen molar-refractivity contribution in [1.29, 1.82) is 0 Å². The molecule has 0 saturated heterocycles. The van der Waals surface area contributed by atoms with E-state index < -0.39 is 23.2 Å². The van der Waals surface area contributed by atoms with E-state index in [4.69, 9.17) is 0 Å². The molecule has 0 aliphatic heterocycles. The van der Waals surface area contributed by atoms with Crippen LogP contribution in [0, 0.1) is 9.39 Å². The molecule has 1 rings (SSSR count). The molecule has 0 atom stereocenters. The summed E-state index contributed by atoms with van der Waals surface area (Å²) < 4.78 is 23.4. The molecule has 0 heterocycles. The van der Waals surface area contributed by atoms with Gasteiger partial charge in [0.2, 0.25) is 5.70 Å². The number of rotatable bonds is 5. The van der Waals surface area contributed by atoms with Crippen LogP contribution in [-0.2, 0) is 14.3 Å². The van der Waals surface area contributed by atoms with E-state index in [0.29, 0.717) is 0 Å². The van der Waals surface area contributed by atoms with Gasteiger partial charge < -0.3 is 14.6 Å². The summed E-state index contributed by atoms with van der Waals surface area (Å²) >= 11 is 1.99. The summed E-state index contributed by atoms with van der Waals surface area (Å²) in [5, 5.41) is 16.8. The molecule has 0 amide bonds. The highest BCUT2D eigenvalue weighted by Crippen LogP contribution is 2.22. The minimum Gasteiger partial charge on any atom is -0.507 e. The van der Waals surface area contributed by atoms with Crippen LogP contribution in [0.4, 0.5) is 10.1 Å². The van der Waals surface area contributed by atoms with Gasteiger partial charge >= 0.3 is 5.97 Å². The van der Waals surface area contributed by atoms with Crippen molar-refractivity contribution in [3.8, 4) is 0 Å². The summed E-state index contributed by atoms with van der Waals surface area (Å²) in [5.74, 6) is -1.94. The van der Waals surface area contributed by atoms with Crippen LogP contribution < -0.4 is 0 Å². The standard InChI is InChI=1S/C12H12FIN2O4/c1-19-6-10(17)11(12(18)20-2)16-15-9-5-7(14)3-4-8(9)13/h3-5,17H,6H2,1-2H3. The van der Waals surface area contributed by atoms with Gasteiger partial charge in [-0.1, -0.05) is 0 Å². The van der Waals surface area contributed by atoms with Gasteiger partial charge in [-0.25, -0.2) is 9.18 Å². The van der Waals surface area contributed by atoms with Crippen LogP contribution in [0.2, 0.25) is 0 Å². The SMILES string of the molecule is COCC(O)=C(N=Nc1cc(I)ccc1F)C(=O)OC. The number of aliphatic hydroxyl groups is 1. The number of benzene rings is 1. The van der Waals surface area contributed by atoms with Crippen LogP contribution in [0.25, 0.3) is 0 Å². The number of carbonyl (C=O) groups is 1. The fourth-order valence-corrected chi connectivity index (χ4v) is 1.66. The molecular weight excluding hydrogens is 382 g/mol. The van der Waals surface area contributed by atoms with E-state index in [-0.39, 0.29) is 12.3 Å². The van der Waals surface area contributed by atoms with E-state index in [1.165, 1.54) is 19.2 Å². The van der Waals surface area contributed by atoms with Gasteiger partial charge in [-0.2, -0.15) is 0 Å². The first-order valence-electron chi connectivity index (χ1n) is 5.35. The molecule has 0 unspecified atom stereocenters. The monoisotopic (exact) mass is 394 g/mol. The van der Waals surface area contributed by atoms with Gasteiger partial charge in [0, 0.05) is 10.7 Å². The summed E-state index contributed by atoms with van der Waals surface area (Å²) in [6, 6.07) is 4.24. The lowest BCUT2D eigenvalue weighted by Gasteiger charge is -2.03. The predicted molar refractivity (Wildman–Crippen MR) is 77.2 cm³/mol. The Hall–Kier alpha value is -1.55. The topological polar surface area (TPSA) is 80.5 Å². The maximum Gasteiger partial charge on any atom is 0.362 e. The van der Waals surface area contributed by atoms with Crippen molar-refractivity contribution in [2.75, 3.05) is 20.8 Å². The van der Waals surface area contributed by atoms with Crippen molar-refractivity contribution in [1.82, 2.24) is 0 Å². The number of ether oxygens (including phenoxy) is 2. The first-order chi connectivity index (χ1) is 9.49. The Morgan fingerprint density at radius 1 is 1.45 bits per heavy atom. The Morgan fingerprint density at radius 2 is 2.15 bits per heavy atom. The highest BCUT2D eigenvalue weighted by atomic mass is 127. The molecule has 1 aromatic carbocycles. The Labute approximate surface area is 128 Å². The molecule has 1 aromatic rings. The minimum atomic E-state index is -0.894. The van der Waals surface area contributed by atoms with Gasteiger partial charge in [-0.15, -0.1) is 10.2 Å². The van der Waals surface area contributed by atoms with Crippen molar-refractivity contribution in [2.45, 2.75) is 0 Å². The van der Waals surface area contributed by atoms with Gasteiger partial charge in [0.05, 0.1) is 7.11 Å². The zero-order chi connectivity index (χ0) is 15.1. The summed E-state index contributed by atoms with van der Waals surface area (Å²) in [5.41, 5.74) is -0.490. The predicted octanol–water partition coefficient (Wildman–Crippen LogP) is 3.10. The molecule has 0 radical (unpaired) electrons. The number of halogens is 2. The smallest absolute Gasteiger partial charge is 0.362 e. The van der Waals surface area contributed by atoms with E-state index in [1.54, 1.807) is 6.07 Å². The maximum absolute atomic E-state index is 13.5. The summed E-state index contributed by atoms with van der Waals surface area (Å²) in [4.78, 5) is 11.5. The molecule has 20 heavy (non-hydrogen) atoms. The third-order valence-electron chi connectivity index (χ3n) is 2.10. The summed E-state index contributed by atoms with van der Waals surface area (Å²) in [7, 11) is 2.46. The molecule has 1 N–H and O–H groups in total. The van der Waals surface area contributed by atoms with Crippen molar-refractivity contribution < 1.29 is 23.8 Å². The van der Waals surface area contributed by atoms with E-state index in [0.717, 1.165) is 10.7 Å². The van der Waals surface area contributed by atoms with Gasteiger partial charge in [0.25, 0.3) is 0 Å². The lowest BCUT2D eigenvalue weighted by molar-refractivity contribution is -0.136. The quantitative estimate of drug-likeness (QED) is 0.274. The molecule has 108 valence electrons. The average Bonchev–Trinajstić information content (AvgIpc) is 2.42. The molecule has 0 aliphatic rings. The van der Waals surface area contributed by atoms with Gasteiger partial charge in [0.1, 0.15) is 12.3 Å². The molecule has 0 spiro atoms. The summed E-state index contributed by atoms with van der Waals surface area (Å²) in [6.45, 7) is -0.238. The molecule has 0 saturated carbocycles. The fraction of sp³-hybridized carbons (Fsp3) is 0.250. The van der Waals surface area contributed by atoms with Crippen LogP contribution in [-0.4, -0.2) is 31.9 Å². The summed E-state index contributed by atoms with van der Waals surface area (Å²) in [6.07, 6.45) is 0. The number of aliphatic hydroxyl groups excluding tert-OH is 1. The van der Waals surface area contributed by atoms with E-state index in [9.17, 15) is 14.3 Å². The van der Waals surface area contributed by atoms with Crippen molar-refractivity contribution >= 4 is 34.2 Å². The molecule has 6 nitrogen and oxygen atoms in total. The first-order valence-corrected chi connectivity index (χ1v) is 6.43. The van der Waals surface area contributed by atoms with Crippen LogP contribution >= 0.6 is 22.6 Å². The largest absolute Gasteiger partial charge is 0.507 e. The lowest BCUT2D eigenvalue weighted by atomic mass is 10.3. The Bertz CT molecular complexity index is 560. The average molecular weight is 394 g/mol. The maximum atomic E-state index is 13.5. The zero-order valence-corrected chi connectivity index (χ0v) is 12.9. The van der Waals surface area contributed by atoms with Gasteiger partial charge in [-0.05, 0) is 40.8 Å². The number of esters is 1. The lowest BCUT2D eigenvalue weighted by Crippen LogP contribution is -2.08. The second-order valence-corrected chi connectivity index (χ2v) is 4.76. The fourth-order valence-electron chi connectivity index (χ4n) is 1.18. The highest BCUT2D eigenvalue weighted by Gasteiger charge is 2.16. The highest BCUT2D eigenvalue weighted by molar-refractivity contribution is 14.1. The van der Waals surface area contributed by atoms with E-state index in [1.807, 2.05) is 22.6 Å². The van der Waals surface area contributed by atoms with Crippen LogP contribution in [0.3, 0.4) is 0 Å². The molecule has 0 aromatic heterocycles. The van der Waals surface area contributed by atoms with Crippen LogP contribution in [0.5, 0.6) is 0 Å². The number of carbonyl (C=O) groups excluding carboxylic acids is 1. The molecule has 8 heteroatoms. The van der Waals surface area contributed by atoms with Crippen molar-refractivity contribution in [3.05, 3.63) is 39.0 Å². The molecular formula is C12H12FIN2O4. The van der Waals surface area contributed by atoms with Crippen LogP contribution in [0.1, 0.15) is 0 Å². The van der Waals surface area contributed by atoms with Gasteiger partial charge in [0.15, 0.2) is 11.6 Å². The number of azo groups is 1. The van der Waals surface area contributed by atoms with Crippen LogP contribution in [0.15, 0.2) is 39.9 Å². The third-order valence-corrected chi connectivity index (χ3v) is 2.77. The van der Waals surface area contributed by atoms with Crippen molar-refractivity contribution in [3.63, 3.8) is 0 Å². The second kappa shape index (κ2) is 7.90. The molecule has 0 aliphatic carbocycles. The first kappa shape index (κ1) is 16.5.